The fourth-order valence-electron chi connectivity index (χ4n) is 1.71. The largest absolute Gasteiger partial charge is 0.447 e. The fraction of sp³-hybridized carbons (Fsp3) is 0.800. The van der Waals surface area contributed by atoms with Gasteiger partial charge in [-0.2, -0.15) is 0 Å². The number of carbonyl (C=O) groups is 2. The van der Waals surface area contributed by atoms with E-state index < -0.39 is 17.2 Å². The molecule has 1 aliphatic rings. The Labute approximate surface area is 88.8 Å². The van der Waals surface area contributed by atoms with Gasteiger partial charge in [-0.1, -0.05) is 6.92 Å². The van der Waals surface area contributed by atoms with E-state index in [1.807, 2.05) is 0 Å². The van der Waals surface area contributed by atoms with Gasteiger partial charge in [-0.25, -0.2) is 4.79 Å². The fourth-order valence-corrected chi connectivity index (χ4v) is 1.71. The predicted octanol–water partition coefficient (Wildman–Crippen LogP) is -0.0308. The SMILES string of the molecule is CCNC(=O)C1(C)C[C@@](O)(CC)C(=O)O1. The van der Waals surface area contributed by atoms with Crippen molar-refractivity contribution in [1.82, 2.24) is 5.32 Å². The van der Waals surface area contributed by atoms with E-state index >= 15 is 0 Å². The Kier molecular flexibility index (Phi) is 3.04. The van der Waals surface area contributed by atoms with Crippen LogP contribution in [0.25, 0.3) is 0 Å². The Morgan fingerprint density at radius 2 is 2.20 bits per heavy atom. The van der Waals surface area contributed by atoms with Crippen molar-refractivity contribution in [2.75, 3.05) is 6.54 Å². The minimum atomic E-state index is -1.51. The van der Waals surface area contributed by atoms with E-state index in [0.717, 1.165) is 0 Å². The molecule has 2 atom stereocenters. The first-order valence-electron chi connectivity index (χ1n) is 5.12. The number of cyclic esters (lactones) is 1. The summed E-state index contributed by atoms with van der Waals surface area (Å²) in [4.78, 5) is 23.0. The first kappa shape index (κ1) is 12.0. The van der Waals surface area contributed by atoms with Gasteiger partial charge in [0.05, 0.1) is 0 Å². The lowest BCUT2D eigenvalue weighted by Crippen LogP contribution is -2.45. The maximum atomic E-state index is 11.6. The Bertz CT molecular complexity index is 291. The number of hydrogen-bond donors (Lipinski definition) is 2. The Morgan fingerprint density at radius 3 is 2.60 bits per heavy atom. The van der Waals surface area contributed by atoms with E-state index in [2.05, 4.69) is 5.32 Å². The van der Waals surface area contributed by atoms with E-state index in [1.165, 1.54) is 6.92 Å². The van der Waals surface area contributed by atoms with Crippen molar-refractivity contribution in [3.05, 3.63) is 0 Å². The van der Waals surface area contributed by atoms with Crippen LogP contribution in [0.2, 0.25) is 0 Å². The van der Waals surface area contributed by atoms with Gasteiger partial charge in [0.1, 0.15) is 0 Å². The molecule has 1 heterocycles. The second kappa shape index (κ2) is 3.81. The Morgan fingerprint density at radius 1 is 1.60 bits per heavy atom. The highest BCUT2D eigenvalue weighted by molar-refractivity contribution is 5.93. The summed E-state index contributed by atoms with van der Waals surface area (Å²) in [7, 11) is 0. The summed E-state index contributed by atoms with van der Waals surface area (Å²) >= 11 is 0. The number of carbonyl (C=O) groups excluding carboxylic acids is 2. The van der Waals surface area contributed by atoms with Gasteiger partial charge in [0, 0.05) is 13.0 Å². The topological polar surface area (TPSA) is 75.6 Å². The summed E-state index contributed by atoms with van der Waals surface area (Å²) in [6.07, 6.45) is 0.266. The molecule has 0 spiro atoms. The highest BCUT2D eigenvalue weighted by atomic mass is 16.6. The van der Waals surface area contributed by atoms with E-state index in [4.69, 9.17) is 4.74 Å². The number of likely N-dealkylation sites (N-methyl/N-ethyl adjacent to an activating group) is 1. The zero-order chi connectivity index (χ0) is 11.7. The summed E-state index contributed by atoms with van der Waals surface area (Å²) in [6.45, 7) is 5.45. The minimum Gasteiger partial charge on any atom is -0.447 e. The number of hydrogen-bond acceptors (Lipinski definition) is 4. The molecule has 1 fully saturated rings. The standard InChI is InChI=1S/C10H17NO4/c1-4-10(14)6-9(3,15-8(10)13)7(12)11-5-2/h14H,4-6H2,1-3H3,(H,11,12)/t9?,10-/m0/s1. The van der Waals surface area contributed by atoms with Gasteiger partial charge in [-0.15, -0.1) is 0 Å². The normalized spacial score (nSPS) is 35.1. The lowest BCUT2D eigenvalue weighted by atomic mass is 9.89. The lowest BCUT2D eigenvalue weighted by Gasteiger charge is -2.21. The molecule has 0 saturated carbocycles. The van der Waals surface area contributed by atoms with Crippen LogP contribution in [-0.2, 0) is 14.3 Å². The highest BCUT2D eigenvalue weighted by Gasteiger charge is 2.56. The molecule has 1 unspecified atom stereocenters. The smallest absolute Gasteiger partial charge is 0.339 e. The summed E-state index contributed by atoms with van der Waals surface area (Å²) in [5.74, 6) is -1.07. The third-order valence-corrected chi connectivity index (χ3v) is 2.73. The summed E-state index contributed by atoms with van der Waals surface area (Å²) in [5.41, 5.74) is -2.75. The molecule has 0 aromatic heterocycles. The molecule has 0 aliphatic carbocycles. The molecule has 0 radical (unpaired) electrons. The molecule has 0 aromatic rings. The van der Waals surface area contributed by atoms with Crippen LogP contribution < -0.4 is 5.32 Å². The summed E-state index contributed by atoms with van der Waals surface area (Å²) in [6, 6.07) is 0. The molecule has 5 nitrogen and oxygen atoms in total. The molecule has 1 amide bonds. The highest BCUT2D eigenvalue weighted by Crippen LogP contribution is 2.36. The van der Waals surface area contributed by atoms with Crippen molar-refractivity contribution in [2.45, 2.75) is 44.8 Å². The average molecular weight is 215 g/mol. The number of rotatable bonds is 3. The van der Waals surface area contributed by atoms with E-state index in [-0.39, 0.29) is 18.7 Å². The molecule has 1 aliphatic heterocycles. The van der Waals surface area contributed by atoms with E-state index in [0.29, 0.717) is 6.54 Å². The van der Waals surface area contributed by atoms with Crippen molar-refractivity contribution in [2.24, 2.45) is 0 Å². The first-order valence-corrected chi connectivity index (χ1v) is 5.12. The van der Waals surface area contributed by atoms with Crippen molar-refractivity contribution in [1.29, 1.82) is 0 Å². The maximum absolute atomic E-state index is 11.6. The van der Waals surface area contributed by atoms with Gasteiger partial charge in [-0.05, 0) is 20.3 Å². The van der Waals surface area contributed by atoms with Crippen LogP contribution in [0.3, 0.4) is 0 Å². The number of esters is 1. The van der Waals surface area contributed by atoms with Gasteiger partial charge < -0.3 is 15.2 Å². The number of aliphatic hydroxyl groups is 1. The molecular formula is C10H17NO4. The van der Waals surface area contributed by atoms with Crippen molar-refractivity contribution in [3.63, 3.8) is 0 Å². The molecule has 86 valence electrons. The monoisotopic (exact) mass is 215 g/mol. The average Bonchev–Trinajstić information content (AvgIpc) is 2.40. The second-order valence-corrected chi connectivity index (χ2v) is 4.04. The summed E-state index contributed by atoms with van der Waals surface area (Å²) < 4.78 is 4.97. The van der Waals surface area contributed by atoms with Crippen LogP contribution in [-0.4, -0.2) is 34.7 Å². The maximum Gasteiger partial charge on any atom is 0.339 e. The predicted molar refractivity (Wildman–Crippen MR) is 53.0 cm³/mol. The zero-order valence-corrected chi connectivity index (χ0v) is 9.29. The van der Waals surface area contributed by atoms with Crippen molar-refractivity contribution >= 4 is 11.9 Å². The summed E-state index contributed by atoms with van der Waals surface area (Å²) in [5, 5.41) is 12.4. The zero-order valence-electron chi connectivity index (χ0n) is 9.29. The second-order valence-electron chi connectivity index (χ2n) is 4.04. The van der Waals surface area contributed by atoms with Gasteiger partial charge in [0.2, 0.25) is 0 Å². The lowest BCUT2D eigenvalue weighted by molar-refractivity contribution is -0.163. The minimum absolute atomic E-state index is 0.0150. The Hall–Kier alpha value is -1.10. The molecule has 5 heteroatoms. The number of nitrogens with one attached hydrogen (secondary N) is 1. The van der Waals surface area contributed by atoms with Gasteiger partial charge >= 0.3 is 5.97 Å². The van der Waals surface area contributed by atoms with Crippen LogP contribution in [0.5, 0.6) is 0 Å². The molecule has 1 rings (SSSR count). The first-order chi connectivity index (χ1) is 6.88. The molecule has 1 saturated heterocycles. The van der Waals surface area contributed by atoms with Crippen LogP contribution in [0.1, 0.15) is 33.6 Å². The van der Waals surface area contributed by atoms with Gasteiger partial charge in [0.25, 0.3) is 5.91 Å². The quantitative estimate of drug-likeness (QED) is 0.648. The van der Waals surface area contributed by atoms with Crippen LogP contribution in [0.15, 0.2) is 0 Å². The molecule has 0 aromatic carbocycles. The van der Waals surface area contributed by atoms with Crippen molar-refractivity contribution < 1.29 is 19.4 Å². The van der Waals surface area contributed by atoms with Crippen LogP contribution in [0, 0.1) is 0 Å². The third kappa shape index (κ3) is 1.97. The van der Waals surface area contributed by atoms with Gasteiger partial charge in [-0.3, -0.25) is 4.79 Å². The van der Waals surface area contributed by atoms with Crippen LogP contribution >= 0.6 is 0 Å². The third-order valence-electron chi connectivity index (χ3n) is 2.73. The molecule has 2 N–H and O–H groups in total. The van der Waals surface area contributed by atoms with Gasteiger partial charge in [0.15, 0.2) is 11.2 Å². The Balaban J connectivity index is 2.84. The molecule has 15 heavy (non-hydrogen) atoms. The van der Waals surface area contributed by atoms with Crippen molar-refractivity contribution in [3.8, 4) is 0 Å². The van der Waals surface area contributed by atoms with E-state index in [9.17, 15) is 14.7 Å². The van der Waals surface area contributed by atoms with E-state index in [1.54, 1.807) is 13.8 Å². The number of ether oxygens (including phenoxy) is 1. The number of amides is 1. The van der Waals surface area contributed by atoms with Crippen LogP contribution in [0.4, 0.5) is 0 Å². The molecular weight excluding hydrogens is 198 g/mol. The molecule has 0 bridgehead atoms.